The van der Waals surface area contributed by atoms with Crippen LogP contribution in [0.15, 0.2) is 30.3 Å². The number of nitrogens with zero attached hydrogens (tertiary/aromatic N) is 1. The van der Waals surface area contributed by atoms with E-state index in [1.54, 1.807) is 6.08 Å². The number of benzene rings is 1. The van der Waals surface area contributed by atoms with Crippen LogP contribution in [0, 0.1) is 0 Å². The molecule has 0 aliphatic carbocycles. The lowest BCUT2D eigenvalue weighted by atomic mass is 10.0. The monoisotopic (exact) mass is 291 g/mol. The average molecular weight is 291 g/mol. The number of morpholine rings is 1. The van der Waals surface area contributed by atoms with E-state index in [9.17, 15) is 9.90 Å². The van der Waals surface area contributed by atoms with Gasteiger partial charge in [-0.3, -0.25) is 4.90 Å². The Morgan fingerprint density at radius 1 is 1.33 bits per heavy atom. The Bertz CT molecular complexity index is 495. The third-order valence-corrected chi connectivity index (χ3v) is 3.49. The summed E-state index contributed by atoms with van der Waals surface area (Å²) in [5.41, 5.74) is 1.79. The lowest BCUT2D eigenvalue weighted by Gasteiger charge is -2.28. The second-order valence-electron chi connectivity index (χ2n) is 5.14. The van der Waals surface area contributed by atoms with Crippen LogP contribution in [0.2, 0.25) is 0 Å². The molecule has 0 spiro atoms. The van der Waals surface area contributed by atoms with Gasteiger partial charge in [0, 0.05) is 32.1 Å². The molecule has 0 radical (unpaired) electrons. The predicted molar refractivity (Wildman–Crippen MR) is 80.1 cm³/mol. The van der Waals surface area contributed by atoms with Crippen molar-refractivity contribution in [1.29, 1.82) is 0 Å². The van der Waals surface area contributed by atoms with Gasteiger partial charge in [0.15, 0.2) is 0 Å². The van der Waals surface area contributed by atoms with E-state index in [1.165, 1.54) is 0 Å². The fraction of sp³-hybridized carbons (Fsp3) is 0.438. The number of hydrogen-bond donors (Lipinski definition) is 2. The minimum atomic E-state index is -0.973. The van der Waals surface area contributed by atoms with Gasteiger partial charge >= 0.3 is 5.97 Å². The number of carboxylic acids is 1. The maximum Gasteiger partial charge on any atom is 0.328 e. The van der Waals surface area contributed by atoms with E-state index in [0.29, 0.717) is 26.2 Å². The quantitative estimate of drug-likeness (QED) is 0.766. The summed E-state index contributed by atoms with van der Waals surface area (Å²) in [6, 6.07) is 7.54. The predicted octanol–water partition coefficient (Wildman–Crippen LogP) is 1.02. The SMILES string of the molecule is O=C(O)/C=C/c1ccccc1CC(O)CN1CCOCC1. The summed E-state index contributed by atoms with van der Waals surface area (Å²) in [5, 5.41) is 18.9. The topological polar surface area (TPSA) is 70.0 Å². The number of rotatable bonds is 6. The Kier molecular flexibility index (Phi) is 5.92. The second kappa shape index (κ2) is 7.93. The Hall–Kier alpha value is -1.69. The van der Waals surface area contributed by atoms with Gasteiger partial charge in [-0.1, -0.05) is 24.3 Å². The van der Waals surface area contributed by atoms with Crippen molar-refractivity contribution in [3.8, 4) is 0 Å². The summed E-state index contributed by atoms with van der Waals surface area (Å²) >= 11 is 0. The van der Waals surface area contributed by atoms with Gasteiger partial charge in [0.25, 0.3) is 0 Å². The van der Waals surface area contributed by atoms with Crippen molar-refractivity contribution >= 4 is 12.0 Å². The molecule has 1 saturated heterocycles. The number of carboxylic acid groups (broad SMARTS) is 1. The molecule has 2 N–H and O–H groups in total. The summed E-state index contributed by atoms with van der Waals surface area (Å²) in [5.74, 6) is -0.973. The van der Waals surface area contributed by atoms with E-state index in [0.717, 1.165) is 30.3 Å². The Labute approximate surface area is 124 Å². The van der Waals surface area contributed by atoms with Gasteiger partial charge in [-0.25, -0.2) is 4.79 Å². The van der Waals surface area contributed by atoms with Crippen LogP contribution < -0.4 is 0 Å². The normalized spacial score (nSPS) is 18.0. The zero-order valence-corrected chi connectivity index (χ0v) is 11.9. The molecule has 0 bridgehead atoms. The number of aliphatic carboxylic acids is 1. The molecule has 0 amide bonds. The van der Waals surface area contributed by atoms with Crippen molar-refractivity contribution in [2.75, 3.05) is 32.8 Å². The zero-order valence-electron chi connectivity index (χ0n) is 11.9. The van der Waals surface area contributed by atoms with E-state index in [-0.39, 0.29) is 0 Å². The zero-order chi connectivity index (χ0) is 15.1. The van der Waals surface area contributed by atoms with E-state index < -0.39 is 12.1 Å². The van der Waals surface area contributed by atoms with Crippen molar-refractivity contribution in [1.82, 2.24) is 4.90 Å². The smallest absolute Gasteiger partial charge is 0.328 e. The summed E-state index contributed by atoms with van der Waals surface area (Å²) in [6.45, 7) is 3.73. The van der Waals surface area contributed by atoms with E-state index >= 15 is 0 Å². The standard InChI is InChI=1S/C16H21NO4/c18-15(12-17-7-9-21-10-8-17)11-14-4-2-1-3-13(14)5-6-16(19)20/h1-6,15,18H,7-12H2,(H,19,20)/b6-5+. The van der Waals surface area contributed by atoms with Crippen molar-refractivity contribution in [2.24, 2.45) is 0 Å². The molecular weight excluding hydrogens is 270 g/mol. The molecule has 2 rings (SSSR count). The van der Waals surface area contributed by atoms with Gasteiger partial charge in [-0.05, 0) is 17.2 Å². The van der Waals surface area contributed by atoms with Gasteiger partial charge in [-0.2, -0.15) is 0 Å². The minimum absolute atomic E-state index is 0.470. The molecule has 21 heavy (non-hydrogen) atoms. The van der Waals surface area contributed by atoms with Crippen molar-refractivity contribution in [3.05, 3.63) is 41.5 Å². The molecule has 0 saturated carbocycles. The van der Waals surface area contributed by atoms with E-state index in [4.69, 9.17) is 9.84 Å². The molecule has 1 unspecified atom stereocenters. The number of β-amino-alcohol motifs (C(OH)–C–C–N with tert-alkyl or cyclic N) is 1. The molecular formula is C16H21NO4. The first-order valence-corrected chi connectivity index (χ1v) is 7.12. The summed E-state index contributed by atoms with van der Waals surface area (Å²) in [4.78, 5) is 12.8. The Morgan fingerprint density at radius 3 is 2.76 bits per heavy atom. The third kappa shape index (κ3) is 5.30. The number of ether oxygens (including phenoxy) is 1. The van der Waals surface area contributed by atoms with E-state index in [2.05, 4.69) is 4.90 Å². The Balaban J connectivity index is 1.96. The Morgan fingerprint density at radius 2 is 2.05 bits per heavy atom. The second-order valence-corrected chi connectivity index (χ2v) is 5.14. The average Bonchev–Trinajstić information content (AvgIpc) is 2.47. The molecule has 1 aliphatic heterocycles. The van der Waals surface area contributed by atoms with Crippen LogP contribution in [0.25, 0.3) is 6.08 Å². The highest BCUT2D eigenvalue weighted by Gasteiger charge is 2.15. The maximum atomic E-state index is 10.6. The van der Waals surface area contributed by atoms with Crippen LogP contribution >= 0.6 is 0 Å². The lowest BCUT2D eigenvalue weighted by molar-refractivity contribution is -0.131. The van der Waals surface area contributed by atoms with Crippen molar-refractivity contribution < 1.29 is 19.7 Å². The fourth-order valence-corrected chi connectivity index (χ4v) is 2.44. The third-order valence-electron chi connectivity index (χ3n) is 3.49. The summed E-state index contributed by atoms with van der Waals surface area (Å²) in [7, 11) is 0. The van der Waals surface area contributed by atoms with Crippen molar-refractivity contribution in [2.45, 2.75) is 12.5 Å². The number of carbonyl (C=O) groups is 1. The molecule has 0 aromatic heterocycles. The first-order chi connectivity index (χ1) is 10.1. The molecule has 1 aromatic rings. The molecule has 1 fully saturated rings. The van der Waals surface area contributed by atoms with Crippen LogP contribution in [0.1, 0.15) is 11.1 Å². The summed E-state index contributed by atoms with van der Waals surface area (Å²) in [6.07, 6.45) is 2.73. The molecule has 1 aromatic carbocycles. The van der Waals surface area contributed by atoms with Gasteiger partial charge < -0.3 is 14.9 Å². The van der Waals surface area contributed by atoms with Gasteiger partial charge in [-0.15, -0.1) is 0 Å². The van der Waals surface area contributed by atoms with Crippen LogP contribution in [-0.4, -0.2) is 60.0 Å². The first-order valence-electron chi connectivity index (χ1n) is 7.12. The molecule has 1 heterocycles. The van der Waals surface area contributed by atoms with Crippen LogP contribution in [-0.2, 0) is 16.0 Å². The highest BCUT2D eigenvalue weighted by atomic mass is 16.5. The van der Waals surface area contributed by atoms with E-state index in [1.807, 2.05) is 24.3 Å². The fourth-order valence-electron chi connectivity index (χ4n) is 2.44. The van der Waals surface area contributed by atoms with Crippen LogP contribution in [0.3, 0.4) is 0 Å². The number of aliphatic hydroxyl groups is 1. The molecule has 1 aliphatic rings. The van der Waals surface area contributed by atoms with Crippen molar-refractivity contribution in [3.63, 3.8) is 0 Å². The summed E-state index contributed by atoms with van der Waals surface area (Å²) < 4.78 is 5.28. The first kappa shape index (κ1) is 15.7. The van der Waals surface area contributed by atoms with Gasteiger partial charge in [0.1, 0.15) is 0 Å². The largest absolute Gasteiger partial charge is 0.478 e. The highest BCUT2D eigenvalue weighted by Crippen LogP contribution is 2.14. The molecule has 114 valence electrons. The van der Waals surface area contributed by atoms with Crippen LogP contribution in [0.4, 0.5) is 0 Å². The van der Waals surface area contributed by atoms with Gasteiger partial charge in [0.2, 0.25) is 0 Å². The van der Waals surface area contributed by atoms with Crippen LogP contribution in [0.5, 0.6) is 0 Å². The minimum Gasteiger partial charge on any atom is -0.478 e. The lowest BCUT2D eigenvalue weighted by Crippen LogP contribution is -2.41. The molecule has 5 heteroatoms. The maximum absolute atomic E-state index is 10.6. The number of hydrogen-bond acceptors (Lipinski definition) is 4. The molecule has 1 atom stereocenters. The van der Waals surface area contributed by atoms with Gasteiger partial charge in [0.05, 0.1) is 19.3 Å². The highest BCUT2D eigenvalue weighted by molar-refractivity contribution is 5.85. The number of aliphatic hydroxyl groups excluding tert-OH is 1. The molecule has 5 nitrogen and oxygen atoms in total.